The number of benzene rings is 1. The van der Waals surface area contributed by atoms with Crippen LogP contribution in [0.5, 0.6) is 0 Å². The average Bonchev–Trinajstić information content (AvgIpc) is 3.39. The summed E-state index contributed by atoms with van der Waals surface area (Å²) in [4.78, 5) is 9.06. The second-order valence-corrected chi connectivity index (χ2v) is 8.20. The number of allylic oxidation sites excluding steroid dienone is 2. The Labute approximate surface area is 170 Å². The molecule has 0 aliphatic heterocycles. The Hall–Kier alpha value is -3.27. The lowest BCUT2D eigenvalue weighted by Gasteiger charge is -2.25. The molecule has 3 heterocycles. The normalized spacial score (nSPS) is 18.1. The number of nitrogens with zero attached hydrogens (tertiary/aromatic N) is 4. The topological polar surface area (TPSA) is 43.1 Å². The zero-order chi connectivity index (χ0) is 19.2. The molecule has 1 atom stereocenters. The Morgan fingerprint density at radius 2 is 2.00 bits per heavy atom. The van der Waals surface area contributed by atoms with Gasteiger partial charge in [0.15, 0.2) is 5.65 Å². The first-order chi connectivity index (χ1) is 14.3. The molecule has 0 bridgehead atoms. The van der Waals surface area contributed by atoms with Crippen molar-refractivity contribution in [3.8, 4) is 11.3 Å². The third-order valence-electron chi connectivity index (χ3n) is 6.41. The molecule has 6 rings (SSSR count). The van der Waals surface area contributed by atoms with Crippen LogP contribution in [0.25, 0.3) is 22.5 Å². The molecule has 4 aromatic rings. The van der Waals surface area contributed by atoms with Gasteiger partial charge in [0.25, 0.3) is 0 Å². The highest BCUT2D eigenvalue weighted by atomic mass is 15.2. The van der Waals surface area contributed by atoms with Crippen LogP contribution in [0.15, 0.2) is 72.7 Å². The van der Waals surface area contributed by atoms with E-state index in [-0.39, 0.29) is 0 Å². The molecule has 29 heavy (non-hydrogen) atoms. The monoisotopic (exact) mass is 378 g/mol. The largest absolute Gasteiger partial charge is 0.264 e. The fourth-order valence-corrected chi connectivity index (χ4v) is 5.01. The summed E-state index contributed by atoms with van der Waals surface area (Å²) >= 11 is 0. The van der Waals surface area contributed by atoms with Crippen molar-refractivity contribution in [1.29, 1.82) is 0 Å². The maximum Gasteiger partial charge on any atom is 0.155 e. The Morgan fingerprint density at radius 1 is 1.03 bits per heavy atom. The zero-order valence-electron chi connectivity index (χ0n) is 16.3. The van der Waals surface area contributed by atoms with Gasteiger partial charge in [0, 0.05) is 29.7 Å². The van der Waals surface area contributed by atoms with Gasteiger partial charge in [-0.25, -0.2) is 9.50 Å². The van der Waals surface area contributed by atoms with Crippen LogP contribution in [0.1, 0.15) is 36.1 Å². The predicted octanol–water partition coefficient (Wildman–Crippen LogP) is 5.14. The van der Waals surface area contributed by atoms with Crippen molar-refractivity contribution in [3.63, 3.8) is 0 Å². The lowest BCUT2D eigenvalue weighted by molar-refractivity contribution is 0.467. The van der Waals surface area contributed by atoms with Gasteiger partial charge in [0.1, 0.15) is 0 Å². The fraction of sp³-hybridized carbons (Fsp3) is 0.240. The number of aromatic nitrogens is 4. The summed E-state index contributed by atoms with van der Waals surface area (Å²) in [5.41, 5.74) is 10.4. The number of hydrogen-bond acceptors (Lipinski definition) is 3. The first-order valence-electron chi connectivity index (χ1n) is 10.4. The molecule has 4 heteroatoms. The number of hydrogen-bond donors (Lipinski definition) is 0. The first kappa shape index (κ1) is 16.7. The van der Waals surface area contributed by atoms with Gasteiger partial charge in [-0.05, 0) is 72.9 Å². The van der Waals surface area contributed by atoms with Gasteiger partial charge >= 0.3 is 0 Å². The summed E-state index contributed by atoms with van der Waals surface area (Å²) < 4.78 is 2.01. The standard InChI is InChI=1S/C25H22N4/c1-2-6-22-18(4-1)14-19-8-7-17(13-23(19)22)12-21-15-24(20-5-3-10-26-16-20)28-25-9-11-27-29(21)25/h1-6,9-11,15-17H,7-8,12-14H2. The van der Waals surface area contributed by atoms with E-state index in [4.69, 9.17) is 4.98 Å². The predicted molar refractivity (Wildman–Crippen MR) is 114 cm³/mol. The van der Waals surface area contributed by atoms with E-state index in [1.807, 2.05) is 29.0 Å². The van der Waals surface area contributed by atoms with E-state index >= 15 is 0 Å². The third-order valence-corrected chi connectivity index (χ3v) is 6.41. The van der Waals surface area contributed by atoms with Crippen LogP contribution < -0.4 is 0 Å². The molecule has 0 saturated carbocycles. The van der Waals surface area contributed by atoms with Gasteiger partial charge in [-0.2, -0.15) is 5.10 Å². The smallest absolute Gasteiger partial charge is 0.155 e. The minimum absolute atomic E-state index is 0.636. The second-order valence-electron chi connectivity index (χ2n) is 8.20. The van der Waals surface area contributed by atoms with Crippen LogP contribution in [0.4, 0.5) is 0 Å². The van der Waals surface area contributed by atoms with E-state index in [0.29, 0.717) is 5.92 Å². The van der Waals surface area contributed by atoms with Crippen LogP contribution in [0.3, 0.4) is 0 Å². The van der Waals surface area contributed by atoms with Crippen LogP contribution >= 0.6 is 0 Å². The summed E-state index contributed by atoms with van der Waals surface area (Å²) in [5.74, 6) is 0.636. The summed E-state index contributed by atoms with van der Waals surface area (Å²) in [6.07, 6.45) is 11.3. The molecule has 4 nitrogen and oxygen atoms in total. The maximum atomic E-state index is 4.79. The Bertz CT molecular complexity index is 1240. The van der Waals surface area contributed by atoms with E-state index in [2.05, 4.69) is 46.5 Å². The molecule has 0 N–H and O–H groups in total. The van der Waals surface area contributed by atoms with Gasteiger partial charge < -0.3 is 0 Å². The number of rotatable bonds is 3. The molecule has 142 valence electrons. The summed E-state index contributed by atoms with van der Waals surface area (Å²) in [7, 11) is 0. The molecular weight excluding hydrogens is 356 g/mol. The number of pyridine rings is 1. The Balaban J connectivity index is 1.33. The van der Waals surface area contributed by atoms with Crippen molar-refractivity contribution in [2.24, 2.45) is 5.92 Å². The molecule has 2 aliphatic rings. The molecule has 0 radical (unpaired) electrons. The average molecular weight is 378 g/mol. The van der Waals surface area contributed by atoms with E-state index in [0.717, 1.165) is 29.7 Å². The summed E-state index contributed by atoms with van der Waals surface area (Å²) in [6.45, 7) is 0. The molecule has 0 fully saturated rings. The van der Waals surface area contributed by atoms with Gasteiger partial charge in [0.05, 0.1) is 11.9 Å². The van der Waals surface area contributed by atoms with Crippen molar-refractivity contribution < 1.29 is 0 Å². The van der Waals surface area contributed by atoms with E-state index in [1.165, 1.54) is 36.1 Å². The SMILES string of the molecule is c1cncc(-c2cc(CC3CCC4=C(C3)c3ccccc3C4)n3nccc3n2)c1. The van der Waals surface area contributed by atoms with Gasteiger partial charge in [-0.1, -0.05) is 29.8 Å². The highest BCUT2D eigenvalue weighted by molar-refractivity contribution is 5.77. The van der Waals surface area contributed by atoms with Gasteiger partial charge in [0.2, 0.25) is 0 Å². The van der Waals surface area contributed by atoms with Crippen molar-refractivity contribution in [2.45, 2.75) is 32.1 Å². The van der Waals surface area contributed by atoms with E-state index in [9.17, 15) is 0 Å². The third kappa shape index (κ3) is 2.87. The van der Waals surface area contributed by atoms with Gasteiger partial charge in [-0.3, -0.25) is 4.98 Å². The van der Waals surface area contributed by atoms with Crippen LogP contribution in [0.2, 0.25) is 0 Å². The molecule has 1 aromatic carbocycles. The van der Waals surface area contributed by atoms with Crippen LogP contribution in [0, 0.1) is 5.92 Å². The highest BCUT2D eigenvalue weighted by Gasteiger charge is 2.28. The van der Waals surface area contributed by atoms with E-state index in [1.54, 1.807) is 17.3 Å². The minimum Gasteiger partial charge on any atom is -0.264 e. The Morgan fingerprint density at radius 3 is 2.93 bits per heavy atom. The van der Waals surface area contributed by atoms with Crippen molar-refractivity contribution in [2.75, 3.05) is 0 Å². The summed E-state index contributed by atoms with van der Waals surface area (Å²) in [5, 5.41) is 4.55. The molecule has 1 unspecified atom stereocenters. The number of fused-ring (bicyclic) bond motifs is 3. The van der Waals surface area contributed by atoms with Crippen molar-refractivity contribution in [3.05, 3.63) is 89.5 Å². The molecule has 2 aliphatic carbocycles. The molecule has 3 aromatic heterocycles. The minimum atomic E-state index is 0.636. The quantitative estimate of drug-likeness (QED) is 0.495. The first-order valence-corrected chi connectivity index (χ1v) is 10.4. The maximum absolute atomic E-state index is 4.79. The van der Waals surface area contributed by atoms with Crippen LogP contribution in [-0.2, 0) is 12.8 Å². The van der Waals surface area contributed by atoms with Crippen molar-refractivity contribution >= 4 is 11.2 Å². The lowest BCUT2D eigenvalue weighted by Crippen LogP contribution is -2.14. The molecule has 0 saturated heterocycles. The second kappa shape index (κ2) is 6.66. The molecule has 0 amide bonds. The fourth-order valence-electron chi connectivity index (χ4n) is 5.01. The molecular formula is C25H22N4. The van der Waals surface area contributed by atoms with E-state index < -0.39 is 0 Å². The molecule has 0 spiro atoms. The van der Waals surface area contributed by atoms with Gasteiger partial charge in [-0.15, -0.1) is 0 Å². The highest BCUT2D eigenvalue weighted by Crippen LogP contribution is 2.44. The van der Waals surface area contributed by atoms with Crippen LogP contribution in [-0.4, -0.2) is 19.6 Å². The zero-order valence-corrected chi connectivity index (χ0v) is 16.3. The lowest BCUT2D eigenvalue weighted by atomic mass is 9.81. The van der Waals surface area contributed by atoms with Crippen molar-refractivity contribution in [1.82, 2.24) is 19.6 Å². The Kier molecular flexibility index (Phi) is 3.83. The summed E-state index contributed by atoms with van der Waals surface area (Å²) in [6, 6.07) is 17.2.